The third kappa shape index (κ3) is 4.32. The zero-order valence-electron chi connectivity index (χ0n) is 13.1. The van der Waals surface area contributed by atoms with Crippen molar-refractivity contribution in [3.63, 3.8) is 0 Å². The monoisotopic (exact) mass is 274 g/mol. The molecule has 0 aromatic heterocycles. The largest absolute Gasteiger partial charge is 0.323 e. The molecule has 2 rings (SSSR count). The fraction of sp³-hybridized carbons (Fsp3) is 0.667. The fourth-order valence-corrected chi connectivity index (χ4v) is 2.98. The average Bonchev–Trinajstić information content (AvgIpc) is 2.42. The minimum absolute atomic E-state index is 0.144. The Morgan fingerprint density at radius 3 is 2.40 bits per heavy atom. The lowest BCUT2D eigenvalue weighted by molar-refractivity contribution is 0.176. The molecule has 1 aromatic carbocycles. The maximum atomic E-state index is 6.39. The molecule has 1 unspecified atom stereocenters. The van der Waals surface area contributed by atoms with Gasteiger partial charge in [0.25, 0.3) is 0 Å². The van der Waals surface area contributed by atoms with E-state index < -0.39 is 0 Å². The predicted octanol–water partition coefficient (Wildman–Crippen LogP) is 3.76. The lowest BCUT2D eigenvalue weighted by Crippen LogP contribution is -2.37. The number of hydrogen-bond acceptors (Lipinski definition) is 2. The first-order valence-corrected chi connectivity index (χ1v) is 8.29. The van der Waals surface area contributed by atoms with Crippen LogP contribution in [-0.2, 0) is 6.42 Å². The molecule has 0 radical (unpaired) electrons. The van der Waals surface area contributed by atoms with Gasteiger partial charge >= 0.3 is 0 Å². The molecule has 1 aromatic rings. The summed E-state index contributed by atoms with van der Waals surface area (Å²) in [6.07, 6.45) is 6.62. The molecule has 2 N–H and O–H groups in total. The molecule has 0 bridgehead atoms. The van der Waals surface area contributed by atoms with Crippen LogP contribution in [0.2, 0.25) is 0 Å². The van der Waals surface area contributed by atoms with Crippen molar-refractivity contribution in [2.24, 2.45) is 11.7 Å². The molecule has 0 amide bonds. The Kier molecular flexibility index (Phi) is 6.06. The molecule has 1 saturated carbocycles. The van der Waals surface area contributed by atoms with E-state index >= 15 is 0 Å². The minimum Gasteiger partial charge on any atom is -0.323 e. The van der Waals surface area contributed by atoms with Crippen molar-refractivity contribution < 1.29 is 0 Å². The number of hydrogen-bond donors (Lipinski definition) is 1. The van der Waals surface area contributed by atoms with Gasteiger partial charge in [-0.3, -0.25) is 0 Å². The summed E-state index contributed by atoms with van der Waals surface area (Å²) in [6, 6.07) is 9.05. The highest BCUT2D eigenvalue weighted by molar-refractivity contribution is 5.25. The van der Waals surface area contributed by atoms with Crippen molar-refractivity contribution in [1.82, 2.24) is 4.90 Å². The number of nitrogens with two attached hydrogens (primary N) is 1. The highest BCUT2D eigenvalue weighted by atomic mass is 15.1. The molecule has 112 valence electrons. The summed E-state index contributed by atoms with van der Waals surface area (Å²) in [6.45, 7) is 7.80. The van der Waals surface area contributed by atoms with Crippen molar-refractivity contribution in [2.45, 2.75) is 52.0 Å². The van der Waals surface area contributed by atoms with Gasteiger partial charge < -0.3 is 10.6 Å². The van der Waals surface area contributed by atoms with E-state index in [1.807, 2.05) is 0 Å². The van der Waals surface area contributed by atoms with Gasteiger partial charge in [-0.2, -0.15) is 0 Å². The van der Waals surface area contributed by atoms with Crippen LogP contribution in [0.5, 0.6) is 0 Å². The summed E-state index contributed by atoms with van der Waals surface area (Å²) in [5.74, 6) is 0.925. The van der Waals surface area contributed by atoms with Crippen LogP contribution in [0.3, 0.4) is 0 Å². The Morgan fingerprint density at radius 2 is 1.90 bits per heavy atom. The van der Waals surface area contributed by atoms with Crippen LogP contribution in [0.25, 0.3) is 0 Å². The van der Waals surface area contributed by atoms with Gasteiger partial charge in [0.15, 0.2) is 0 Å². The van der Waals surface area contributed by atoms with E-state index in [-0.39, 0.29) is 6.04 Å². The molecule has 0 aliphatic heterocycles. The van der Waals surface area contributed by atoms with Crippen molar-refractivity contribution >= 4 is 0 Å². The highest BCUT2D eigenvalue weighted by Gasteiger charge is 2.21. The normalized spacial score (nSPS) is 17.2. The van der Waals surface area contributed by atoms with Gasteiger partial charge in [0.1, 0.15) is 0 Å². The average molecular weight is 274 g/mol. The standard InChI is InChI=1S/C18H30N2/c1-3-6-15-9-11-17(12-10-15)18(19)14-20(4-2)13-16-7-5-8-16/h9-12,16,18H,3-8,13-14,19H2,1-2H3. The zero-order valence-corrected chi connectivity index (χ0v) is 13.1. The first-order chi connectivity index (χ1) is 9.72. The van der Waals surface area contributed by atoms with E-state index in [4.69, 9.17) is 5.73 Å². The predicted molar refractivity (Wildman–Crippen MR) is 86.8 cm³/mol. The summed E-state index contributed by atoms with van der Waals surface area (Å²) >= 11 is 0. The molecular weight excluding hydrogens is 244 g/mol. The number of aryl methyl sites for hydroxylation is 1. The fourth-order valence-electron chi connectivity index (χ4n) is 2.98. The van der Waals surface area contributed by atoms with E-state index in [0.29, 0.717) is 0 Å². The van der Waals surface area contributed by atoms with E-state index in [1.54, 1.807) is 0 Å². The number of likely N-dealkylation sites (N-methyl/N-ethyl adjacent to an activating group) is 1. The van der Waals surface area contributed by atoms with Gasteiger partial charge in [-0.05, 0) is 42.9 Å². The lowest BCUT2D eigenvalue weighted by Gasteiger charge is -2.33. The van der Waals surface area contributed by atoms with Crippen LogP contribution in [0, 0.1) is 5.92 Å². The Bertz CT molecular complexity index is 381. The molecule has 20 heavy (non-hydrogen) atoms. The van der Waals surface area contributed by atoms with Gasteiger partial charge in [-0.15, -0.1) is 0 Å². The topological polar surface area (TPSA) is 29.3 Å². The molecule has 1 aliphatic rings. The van der Waals surface area contributed by atoms with Gasteiger partial charge in [0.05, 0.1) is 0 Å². The molecule has 1 aliphatic carbocycles. The molecule has 0 saturated heterocycles. The summed E-state index contributed by atoms with van der Waals surface area (Å²) in [7, 11) is 0. The summed E-state index contributed by atoms with van der Waals surface area (Å²) in [4.78, 5) is 2.52. The number of benzene rings is 1. The van der Waals surface area contributed by atoms with Crippen molar-refractivity contribution in [3.8, 4) is 0 Å². The summed E-state index contributed by atoms with van der Waals surface area (Å²) < 4.78 is 0. The van der Waals surface area contributed by atoms with Crippen LogP contribution in [0.4, 0.5) is 0 Å². The number of rotatable bonds is 8. The molecule has 1 fully saturated rings. The quantitative estimate of drug-likeness (QED) is 0.782. The molecule has 2 heteroatoms. The molecule has 2 nitrogen and oxygen atoms in total. The SMILES string of the molecule is CCCc1ccc(C(N)CN(CC)CC2CCC2)cc1. The second-order valence-corrected chi connectivity index (χ2v) is 6.25. The molecule has 0 heterocycles. The van der Waals surface area contributed by atoms with Crippen LogP contribution in [0.15, 0.2) is 24.3 Å². The minimum atomic E-state index is 0.144. The highest BCUT2D eigenvalue weighted by Crippen LogP contribution is 2.27. The van der Waals surface area contributed by atoms with E-state index in [0.717, 1.165) is 25.4 Å². The van der Waals surface area contributed by atoms with Gasteiger partial charge in [-0.25, -0.2) is 0 Å². The van der Waals surface area contributed by atoms with Crippen molar-refractivity contribution in [3.05, 3.63) is 35.4 Å². The lowest BCUT2D eigenvalue weighted by atomic mass is 9.85. The molecular formula is C18H30N2. The van der Waals surface area contributed by atoms with Crippen LogP contribution >= 0.6 is 0 Å². The zero-order chi connectivity index (χ0) is 14.4. The van der Waals surface area contributed by atoms with Crippen LogP contribution in [-0.4, -0.2) is 24.5 Å². The Hall–Kier alpha value is -0.860. The smallest absolute Gasteiger partial charge is 0.0424 e. The summed E-state index contributed by atoms with van der Waals surface area (Å²) in [5, 5.41) is 0. The third-order valence-corrected chi connectivity index (χ3v) is 4.59. The van der Waals surface area contributed by atoms with Gasteiger partial charge in [0.2, 0.25) is 0 Å². The number of nitrogens with zero attached hydrogens (tertiary/aromatic N) is 1. The van der Waals surface area contributed by atoms with E-state index in [1.165, 1.54) is 43.4 Å². The second kappa shape index (κ2) is 7.80. The van der Waals surface area contributed by atoms with Crippen LogP contribution in [0.1, 0.15) is 56.7 Å². The van der Waals surface area contributed by atoms with Gasteiger partial charge in [0, 0.05) is 19.1 Å². The van der Waals surface area contributed by atoms with Crippen molar-refractivity contribution in [2.75, 3.05) is 19.6 Å². The molecule has 1 atom stereocenters. The summed E-state index contributed by atoms with van der Waals surface area (Å²) in [5.41, 5.74) is 9.09. The Balaban J connectivity index is 1.86. The first-order valence-electron chi connectivity index (χ1n) is 8.29. The first kappa shape index (κ1) is 15.5. The molecule has 0 spiro atoms. The maximum absolute atomic E-state index is 6.39. The van der Waals surface area contributed by atoms with Crippen LogP contribution < -0.4 is 5.73 Å². The van der Waals surface area contributed by atoms with E-state index in [9.17, 15) is 0 Å². The Labute approximate surface area is 124 Å². The maximum Gasteiger partial charge on any atom is 0.0424 e. The second-order valence-electron chi connectivity index (χ2n) is 6.25. The van der Waals surface area contributed by atoms with Gasteiger partial charge in [-0.1, -0.05) is 51.0 Å². The Morgan fingerprint density at radius 1 is 1.20 bits per heavy atom. The van der Waals surface area contributed by atoms with Crippen molar-refractivity contribution in [1.29, 1.82) is 0 Å². The van der Waals surface area contributed by atoms with E-state index in [2.05, 4.69) is 43.0 Å². The third-order valence-electron chi connectivity index (χ3n) is 4.59.